The van der Waals surface area contributed by atoms with Crippen molar-refractivity contribution in [3.05, 3.63) is 12.7 Å². The highest BCUT2D eigenvalue weighted by atomic mass is 16.5. The molecule has 0 N–H and O–H groups in total. The van der Waals surface area contributed by atoms with Crippen LogP contribution in [-0.4, -0.2) is 18.5 Å². The number of hydrogen-bond donors (Lipinski definition) is 0. The van der Waals surface area contributed by atoms with Gasteiger partial charge in [0, 0.05) is 6.61 Å². The number of hydrogen-bond acceptors (Lipinski definition) is 2. The second kappa shape index (κ2) is 3.02. The van der Waals surface area contributed by atoms with Crippen LogP contribution in [0, 0.1) is 5.41 Å². The molecule has 0 aromatic heterocycles. The summed E-state index contributed by atoms with van der Waals surface area (Å²) in [7, 11) is 0. The van der Waals surface area contributed by atoms with Crippen LogP contribution in [0.4, 0.5) is 0 Å². The molecular weight excluding hydrogens is 152 g/mol. The van der Waals surface area contributed by atoms with Crippen molar-refractivity contribution in [2.75, 3.05) is 6.61 Å². The maximum atomic E-state index is 11.0. The molecule has 1 aliphatic rings. The van der Waals surface area contributed by atoms with E-state index in [1.54, 1.807) is 6.08 Å². The molecule has 0 aliphatic carbocycles. The molecule has 1 atom stereocenters. The summed E-state index contributed by atoms with van der Waals surface area (Å²) in [5.74, 6) is 0. The zero-order valence-corrected chi connectivity index (χ0v) is 7.80. The molecule has 1 heterocycles. The lowest BCUT2D eigenvalue weighted by Gasteiger charge is -2.34. The quantitative estimate of drug-likeness (QED) is 0.475. The fraction of sp³-hybridized carbons (Fsp3) is 0.700. The summed E-state index contributed by atoms with van der Waals surface area (Å²) in [5.41, 5.74) is -0.669. The molecule has 0 aromatic rings. The summed E-state index contributed by atoms with van der Waals surface area (Å²) < 4.78 is 5.52. The van der Waals surface area contributed by atoms with Gasteiger partial charge in [0.25, 0.3) is 0 Å². The first-order chi connectivity index (χ1) is 5.58. The van der Waals surface area contributed by atoms with Crippen molar-refractivity contribution in [1.29, 1.82) is 0 Å². The van der Waals surface area contributed by atoms with Gasteiger partial charge in [0.15, 0.2) is 0 Å². The van der Waals surface area contributed by atoms with Gasteiger partial charge in [-0.1, -0.05) is 6.08 Å². The first-order valence-electron chi connectivity index (χ1n) is 4.29. The van der Waals surface area contributed by atoms with Crippen LogP contribution in [0.5, 0.6) is 0 Å². The van der Waals surface area contributed by atoms with Gasteiger partial charge in [0.05, 0.1) is 11.0 Å². The van der Waals surface area contributed by atoms with E-state index < -0.39 is 0 Å². The number of carbonyl (C=O) groups excluding carboxylic acids is 1. The number of aldehydes is 1. The highest BCUT2D eigenvalue weighted by Gasteiger charge is 2.49. The molecule has 0 radical (unpaired) electrons. The number of rotatable bonds is 3. The van der Waals surface area contributed by atoms with Gasteiger partial charge in [-0.2, -0.15) is 0 Å². The molecule has 12 heavy (non-hydrogen) atoms. The van der Waals surface area contributed by atoms with E-state index >= 15 is 0 Å². The summed E-state index contributed by atoms with van der Waals surface area (Å²) in [6.45, 7) is 8.29. The standard InChI is InChI=1S/C10H16O2/c1-4-5-10(8-11)6-7-12-9(10,2)3/h4,8H,1,5-7H2,2-3H3. The SMILES string of the molecule is C=CCC1(C=O)CCOC1(C)C. The number of ether oxygens (including phenoxy) is 1. The summed E-state index contributed by atoms with van der Waals surface area (Å²) in [4.78, 5) is 11.0. The van der Waals surface area contributed by atoms with E-state index in [0.717, 1.165) is 12.7 Å². The summed E-state index contributed by atoms with van der Waals surface area (Å²) >= 11 is 0. The van der Waals surface area contributed by atoms with Crippen molar-refractivity contribution >= 4 is 6.29 Å². The Balaban J connectivity index is 2.90. The summed E-state index contributed by atoms with van der Waals surface area (Å²) in [5, 5.41) is 0. The van der Waals surface area contributed by atoms with E-state index in [2.05, 4.69) is 6.58 Å². The van der Waals surface area contributed by atoms with Crippen LogP contribution in [0.3, 0.4) is 0 Å². The molecule has 2 nitrogen and oxygen atoms in total. The fourth-order valence-electron chi connectivity index (χ4n) is 1.79. The van der Waals surface area contributed by atoms with Crippen LogP contribution < -0.4 is 0 Å². The molecule has 0 spiro atoms. The Morgan fingerprint density at radius 1 is 1.58 bits per heavy atom. The molecule has 68 valence electrons. The van der Waals surface area contributed by atoms with E-state index in [1.165, 1.54) is 0 Å². The Labute approximate surface area is 73.6 Å². The van der Waals surface area contributed by atoms with Crippen molar-refractivity contribution in [3.63, 3.8) is 0 Å². The lowest BCUT2D eigenvalue weighted by atomic mass is 9.72. The molecule has 1 fully saturated rings. The topological polar surface area (TPSA) is 26.3 Å². The molecule has 1 rings (SSSR count). The van der Waals surface area contributed by atoms with E-state index in [1.807, 2.05) is 13.8 Å². The van der Waals surface area contributed by atoms with Gasteiger partial charge in [-0.15, -0.1) is 6.58 Å². The Bertz CT molecular complexity index is 196. The Morgan fingerprint density at radius 3 is 2.58 bits per heavy atom. The maximum Gasteiger partial charge on any atom is 0.129 e. The van der Waals surface area contributed by atoms with Gasteiger partial charge in [0.1, 0.15) is 6.29 Å². The van der Waals surface area contributed by atoms with Crippen LogP contribution in [-0.2, 0) is 9.53 Å². The largest absolute Gasteiger partial charge is 0.374 e. The van der Waals surface area contributed by atoms with Gasteiger partial charge in [0.2, 0.25) is 0 Å². The molecule has 0 bridgehead atoms. The lowest BCUT2D eigenvalue weighted by Crippen LogP contribution is -2.40. The molecule has 1 saturated heterocycles. The maximum absolute atomic E-state index is 11.0. The second-order valence-electron chi connectivity index (χ2n) is 3.88. The number of allylic oxidation sites excluding steroid dienone is 1. The van der Waals surface area contributed by atoms with Crippen LogP contribution in [0.2, 0.25) is 0 Å². The minimum absolute atomic E-state index is 0.330. The molecule has 1 unspecified atom stereocenters. The monoisotopic (exact) mass is 168 g/mol. The van der Waals surface area contributed by atoms with Crippen LogP contribution >= 0.6 is 0 Å². The van der Waals surface area contributed by atoms with E-state index in [9.17, 15) is 4.79 Å². The van der Waals surface area contributed by atoms with Gasteiger partial charge in [-0.05, 0) is 26.7 Å². The first kappa shape index (κ1) is 9.46. The van der Waals surface area contributed by atoms with Crippen molar-refractivity contribution in [3.8, 4) is 0 Å². The van der Waals surface area contributed by atoms with Crippen molar-refractivity contribution in [2.24, 2.45) is 5.41 Å². The minimum Gasteiger partial charge on any atom is -0.374 e. The third-order valence-corrected chi connectivity index (χ3v) is 2.94. The Morgan fingerprint density at radius 2 is 2.25 bits per heavy atom. The Hall–Kier alpha value is -0.630. The molecule has 0 amide bonds. The first-order valence-corrected chi connectivity index (χ1v) is 4.29. The average Bonchev–Trinajstić information content (AvgIpc) is 2.29. The molecular formula is C10H16O2. The van der Waals surface area contributed by atoms with Crippen molar-refractivity contribution in [2.45, 2.75) is 32.3 Å². The van der Waals surface area contributed by atoms with E-state index in [0.29, 0.717) is 13.0 Å². The lowest BCUT2D eigenvalue weighted by molar-refractivity contribution is -0.124. The predicted octanol–water partition coefficient (Wildman–Crippen LogP) is 1.95. The summed E-state index contributed by atoms with van der Waals surface area (Å²) in [6.07, 6.45) is 4.35. The zero-order valence-electron chi connectivity index (χ0n) is 7.80. The minimum atomic E-state index is -0.339. The fourth-order valence-corrected chi connectivity index (χ4v) is 1.79. The third-order valence-electron chi connectivity index (χ3n) is 2.94. The molecule has 0 aromatic carbocycles. The molecule has 0 saturated carbocycles. The van der Waals surface area contributed by atoms with Crippen molar-refractivity contribution in [1.82, 2.24) is 0 Å². The second-order valence-corrected chi connectivity index (χ2v) is 3.88. The van der Waals surface area contributed by atoms with Crippen LogP contribution in [0.25, 0.3) is 0 Å². The van der Waals surface area contributed by atoms with Crippen LogP contribution in [0.15, 0.2) is 12.7 Å². The zero-order chi connectivity index (χ0) is 9.24. The highest BCUT2D eigenvalue weighted by Crippen LogP contribution is 2.44. The smallest absolute Gasteiger partial charge is 0.129 e. The summed E-state index contributed by atoms with van der Waals surface area (Å²) in [6, 6.07) is 0. The van der Waals surface area contributed by atoms with E-state index in [-0.39, 0.29) is 11.0 Å². The van der Waals surface area contributed by atoms with Crippen LogP contribution in [0.1, 0.15) is 26.7 Å². The van der Waals surface area contributed by atoms with Gasteiger partial charge in [-0.25, -0.2) is 0 Å². The van der Waals surface area contributed by atoms with Gasteiger partial charge in [-0.3, -0.25) is 0 Å². The van der Waals surface area contributed by atoms with Gasteiger partial charge >= 0.3 is 0 Å². The molecule has 1 aliphatic heterocycles. The normalized spacial score (nSPS) is 33.2. The Kier molecular flexibility index (Phi) is 2.38. The average molecular weight is 168 g/mol. The van der Waals surface area contributed by atoms with E-state index in [4.69, 9.17) is 4.74 Å². The third kappa shape index (κ3) is 1.20. The highest BCUT2D eigenvalue weighted by molar-refractivity contribution is 5.62. The van der Waals surface area contributed by atoms with Gasteiger partial charge < -0.3 is 9.53 Å². The predicted molar refractivity (Wildman–Crippen MR) is 48.0 cm³/mol. The molecule has 2 heteroatoms. The number of carbonyl (C=O) groups is 1. The van der Waals surface area contributed by atoms with Crippen molar-refractivity contribution < 1.29 is 9.53 Å².